The Kier molecular flexibility index (Phi) is 4.13. The smallest absolute Gasteiger partial charge is 0.166 e. The summed E-state index contributed by atoms with van der Waals surface area (Å²) in [7, 11) is 0. The average Bonchev–Trinajstić information content (AvgIpc) is 1.94. The number of nitrogen functional groups attached to an aromatic ring is 1. The van der Waals surface area contributed by atoms with Crippen LogP contribution in [0.4, 0.5) is 11.4 Å². The van der Waals surface area contributed by atoms with Gasteiger partial charge in [-0.15, -0.1) is 6.07 Å². The van der Waals surface area contributed by atoms with E-state index in [4.69, 9.17) is 10.8 Å². The molecule has 3 N–H and O–H groups in total. The number of benzene rings is 1. The van der Waals surface area contributed by atoms with Gasteiger partial charge in [0, 0.05) is 43.4 Å². The fraction of sp³-hybridized carbons (Fsp3) is 0. The minimum absolute atomic E-state index is 0. The Morgan fingerprint density at radius 1 is 1.67 bits per heavy atom. The van der Waals surface area contributed by atoms with Crippen LogP contribution in [0.25, 0.3) is 0 Å². The van der Waals surface area contributed by atoms with Crippen LogP contribution in [0.15, 0.2) is 12.1 Å². The number of nitro groups is 1. The molecule has 0 unspecified atom stereocenters. The van der Waals surface area contributed by atoms with E-state index in [2.05, 4.69) is 6.07 Å². The molecule has 0 heterocycles. The minimum Gasteiger partial charge on any atom is -0.531 e. The third-order valence-corrected chi connectivity index (χ3v) is 1.14. The molecular formula is C6H5N2O3Y-. The Morgan fingerprint density at radius 3 is 2.67 bits per heavy atom. The maximum absolute atomic E-state index is 10.1. The molecule has 0 aliphatic carbocycles. The van der Waals surface area contributed by atoms with Crippen LogP contribution >= 0.6 is 0 Å². The third kappa shape index (κ3) is 2.42. The molecule has 0 aliphatic heterocycles. The Balaban J connectivity index is 0.00000121. The average molecular weight is 242 g/mol. The summed E-state index contributed by atoms with van der Waals surface area (Å²) in [5.41, 5.74) is 4.97. The number of nitrogens with two attached hydrogens (primary N) is 1. The number of hydrogen-bond acceptors (Lipinski definition) is 4. The summed E-state index contributed by atoms with van der Waals surface area (Å²) in [6.07, 6.45) is 0. The number of phenols is 1. The van der Waals surface area contributed by atoms with E-state index in [0.29, 0.717) is 0 Å². The zero-order valence-corrected chi connectivity index (χ0v) is 8.86. The topological polar surface area (TPSA) is 89.4 Å². The van der Waals surface area contributed by atoms with Gasteiger partial charge < -0.3 is 10.8 Å². The van der Waals surface area contributed by atoms with E-state index in [1.165, 1.54) is 0 Å². The Labute approximate surface area is 93.6 Å². The molecule has 0 amide bonds. The molecule has 0 bridgehead atoms. The minimum atomic E-state index is -0.654. The molecule has 5 nitrogen and oxygen atoms in total. The van der Waals surface area contributed by atoms with Crippen molar-refractivity contribution in [2.24, 2.45) is 0 Å². The van der Waals surface area contributed by atoms with Gasteiger partial charge in [0.05, 0.1) is 0 Å². The van der Waals surface area contributed by atoms with E-state index in [9.17, 15) is 10.1 Å². The molecule has 12 heavy (non-hydrogen) atoms. The fourth-order valence-electron chi connectivity index (χ4n) is 0.586. The molecule has 0 fully saturated rings. The monoisotopic (exact) mass is 242 g/mol. The largest absolute Gasteiger partial charge is 0.531 e. The number of non-ortho nitro benzene ring substituents is 1. The van der Waals surface area contributed by atoms with Crippen LogP contribution in [-0.2, 0) is 32.7 Å². The van der Waals surface area contributed by atoms with Gasteiger partial charge in [-0.1, -0.05) is 12.1 Å². The molecule has 0 aliphatic rings. The normalized spacial score (nSPS) is 8.67. The number of rotatable bonds is 1. The molecular weight excluding hydrogens is 237 g/mol. The summed E-state index contributed by atoms with van der Waals surface area (Å²) >= 11 is 0. The number of nitro benzene ring substituents is 1. The van der Waals surface area contributed by atoms with Crippen molar-refractivity contribution in [2.45, 2.75) is 0 Å². The maximum Gasteiger partial charge on any atom is 0.166 e. The summed E-state index contributed by atoms with van der Waals surface area (Å²) < 4.78 is 0. The fourth-order valence-corrected chi connectivity index (χ4v) is 0.586. The zero-order chi connectivity index (χ0) is 8.43. The molecule has 1 rings (SSSR count). The Morgan fingerprint density at radius 2 is 2.25 bits per heavy atom. The van der Waals surface area contributed by atoms with Crippen molar-refractivity contribution in [3.05, 3.63) is 28.3 Å². The molecule has 61 valence electrons. The van der Waals surface area contributed by atoms with Crippen molar-refractivity contribution in [1.82, 2.24) is 0 Å². The van der Waals surface area contributed by atoms with Gasteiger partial charge in [0.15, 0.2) is 5.69 Å². The molecule has 1 aromatic carbocycles. The summed E-state index contributed by atoms with van der Waals surface area (Å²) in [5.74, 6) is -0.296. The van der Waals surface area contributed by atoms with Gasteiger partial charge in [0.25, 0.3) is 0 Å². The Hall–Kier alpha value is -0.676. The van der Waals surface area contributed by atoms with Crippen LogP contribution in [0.5, 0.6) is 5.75 Å². The van der Waals surface area contributed by atoms with Crippen molar-refractivity contribution in [2.75, 3.05) is 5.73 Å². The summed E-state index contributed by atoms with van der Waals surface area (Å²) in [6, 6.07) is 4.41. The van der Waals surface area contributed by atoms with Crippen LogP contribution in [0.1, 0.15) is 0 Å². The van der Waals surface area contributed by atoms with Crippen LogP contribution in [-0.4, -0.2) is 10.0 Å². The van der Waals surface area contributed by atoms with Gasteiger partial charge in [-0.05, 0) is 5.69 Å². The number of nitrogens with zero attached hydrogens (tertiary/aromatic N) is 1. The number of phenolic OH excluding ortho intramolecular Hbond substituents is 1. The van der Waals surface area contributed by atoms with Crippen LogP contribution in [0.2, 0.25) is 0 Å². The maximum atomic E-state index is 10.1. The van der Waals surface area contributed by atoms with E-state index in [1.807, 2.05) is 0 Å². The molecule has 0 saturated heterocycles. The van der Waals surface area contributed by atoms with Crippen LogP contribution in [0.3, 0.4) is 0 Å². The SMILES string of the molecule is Nc1c[c-]c([N+](=O)[O-])cc1O.[Y]. The molecule has 0 aromatic heterocycles. The number of anilines is 1. The van der Waals surface area contributed by atoms with E-state index in [1.54, 1.807) is 0 Å². The first kappa shape index (κ1) is 11.3. The first-order valence-corrected chi connectivity index (χ1v) is 2.76. The van der Waals surface area contributed by atoms with Gasteiger partial charge in [0.2, 0.25) is 0 Å². The van der Waals surface area contributed by atoms with Crippen molar-refractivity contribution < 1.29 is 42.7 Å². The van der Waals surface area contributed by atoms with E-state index in [0.717, 1.165) is 12.1 Å². The van der Waals surface area contributed by atoms with Crippen LogP contribution in [0, 0.1) is 16.2 Å². The summed E-state index contributed by atoms with van der Waals surface area (Å²) in [4.78, 5) is 9.43. The summed E-state index contributed by atoms with van der Waals surface area (Å²) in [6.45, 7) is 0. The quantitative estimate of drug-likeness (QED) is 0.249. The van der Waals surface area contributed by atoms with E-state index in [-0.39, 0.29) is 49.8 Å². The standard InChI is InChI=1S/C6H5N2O3.Y/c7-5-2-1-4(8(10)11)3-6(5)9;/h2-3,9H,7H2;/q-1;. The number of hydrogen-bond donors (Lipinski definition) is 2. The number of aromatic hydroxyl groups is 1. The van der Waals surface area contributed by atoms with Crippen molar-refractivity contribution in [1.29, 1.82) is 0 Å². The second kappa shape index (κ2) is 4.37. The summed E-state index contributed by atoms with van der Waals surface area (Å²) in [5, 5.41) is 19.0. The van der Waals surface area contributed by atoms with Gasteiger partial charge >= 0.3 is 0 Å². The van der Waals surface area contributed by atoms with Crippen LogP contribution < -0.4 is 5.73 Å². The third-order valence-electron chi connectivity index (χ3n) is 1.14. The zero-order valence-electron chi connectivity index (χ0n) is 6.02. The van der Waals surface area contributed by atoms with Gasteiger partial charge in [-0.2, -0.15) is 0 Å². The van der Waals surface area contributed by atoms with E-state index < -0.39 is 4.92 Å². The molecule has 6 heteroatoms. The Bertz CT molecular complexity index is 303. The first-order chi connectivity index (χ1) is 5.11. The van der Waals surface area contributed by atoms with E-state index >= 15 is 0 Å². The van der Waals surface area contributed by atoms with Crippen molar-refractivity contribution in [3.8, 4) is 5.75 Å². The predicted octanol–water partition coefficient (Wildman–Crippen LogP) is 0.680. The molecule has 1 aromatic rings. The second-order valence-corrected chi connectivity index (χ2v) is 1.92. The predicted molar refractivity (Wildman–Crippen MR) is 38.0 cm³/mol. The molecule has 1 radical (unpaired) electrons. The van der Waals surface area contributed by atoms with Gasteiger partial charge in [-0.25, -0.2) is 0 Å². The van der Waals surface area contributed by atoms with Gasteiger partial charge in [0.1, 0.15) is 0 Å². The first-order valence-electron chi connectivity index (χ1n) is 2.76. The van der Waals surface area contributed by atoms with Gasteiger partial charge in [-0.3, -0.25) is 10.1 Å². The second-order valence-electron chi connectivity index (χ2n) is 1.92. The van der Waals surface area contributed by atoms with Crippen molar-refractivity contribution >= 4 is 11.4 Å². The van der Waals surface area contributed by atoms with Crippen molar-refractivity contribution in [3.63, 3.8) is 0 Å². The molecule has 0 spiro atoms. The molecule has 0 saturated carbocycles. The molecule has 0 atom stereocenters.